The minimum Gasteiger partial charge on any atom is -0.494 e. The average Bonchev–Trinajstić information content (AvgIpc) is 2.58. The van der Waals surface area contributed by atoms with E-state index in [1.165, 1.54) is 0 Å². The topological polar surface area (TPSA) is 59.6 Å². The van der Waals surface area contributed by atoms with E-state index in [2.05, 4.69) is 10.6 Å². The third-order valence-electron chi connectivity index (χ3n) is 3.09. The van der Waals surface area contributed by atoms with Crippen LogP contribution in [0.3, 0.4) is 0 Å². The SMILES string of the molecule is CCOc1ccc(C(=O)NC(=S)Nc2ccccc2OCC)cc1. The van der Waals surface area contributed by atoms with Gasteiger partial charge in [0.25, 0.3) is 5.91 Å². The lowest BCUT2D eigenvalue weighted by Gasteiger charge is -2.13. The first-order valence-corrected chi connectivity index (χ1v) is 8.12. The summed E-state index contributed by atoms with van der Waals surface area (Å²) in [6, 6.07) is 14.3. The molecule has 2 N–H and O–H groups in total. The van der Waals surface area contributed by atoms with Gasteiger partial charge in [-0.25, -0.2) is 0 Å². The Labute approximate surface area is 147 Å². The standard InChI is InChI=1S/C18H20N2O3S/c1-3-22-14-11-9-13(10-12-14)17(21)20-18(24)19-15-7-5-6-8-16(15)23-4-2/h5-12H,3-4H2,1-2H3,(H2,19,20,21,24). The molecule has 0 saturated heterocycles. The Bertz CT molecular complexity index is 702. The zero-order valence-corrected chi connectivity index (χ0v) is 14.5. The van der Waals surface area contributed by atoms with Gasteiger partial charge in [0, 0.05) is 5.56 Å². The molecule has 0 aliphatic carbocycles. The molecule has 24 heavy (non-hydrogen) atoms. The number of para-hydroxylation sites is 2. The van der Waals surface area contributed by atoms with E-state index < -0.39 is 0 Å². The van der Waals surface area contributed by atoms with E-state index in [9.17, 15) is 4.79 Å². The molecule has 1 amide bonds. The molecule has 0 aliphatic heterocycles. The lowest BCUT2D eigenvalue weighted by atomic mass is 10.2. The second-order valence-electron chi connectivity index (χ2n) is 4.79. The van der Waals surface area contributed by atoms with Gasteiger partial charge in [-0.3, -0.25) is 10.1 Å². The van der Waals surface area contributed by atoms with Gasteiger partial charge in [0.1, 0.15) is 11.5 Å². The van der Waals surface area contributed by atoms with Crippen molar-refractivity contribution in [1.29, 1.82) is 0 Å². The molecular formula is C18H20N2O3S. The fourth-order valence-electron chi connectivity index (χ4n) is 2.05. The maximum atomic E-state index is 12.2. The summed E-state index contributed by atoms with van der Waals surface area (Å²) in [7, 11) is 0. The Hall–Kier alpha value is -2.60. The van der Waals surface area contributed by atoms with Crippen molar-refractivity contribution in [1.82, 2.24) is 5.32 Å². The van der Waals surface area contributed by atoms with Crippen molar-refractivity contribution in [3.8, 4) is 11.5 Å². The van der Waals surface area contributed by atoms with Gasteiger partial charge in [-0.05, 0) is 62.5 Å². The molecule has 0 radical (unpaired) electrons. The van der Waals surface area contributed by atoms with Crippen LogP contribution in [0.1, 0.15) is 24.2 Å². The summed E-state index contributed by atoms with van der Waals surface area (Å²) in [5, 5.41) is 5.84. The van der Waals surface area contributed by atoms with Crippen molar-refractivity contribution >= 4 is 28.9 Å². The number of hydrogen-bond acceptors (Lipinski definition) is 4. The van der Waals surface area contributed by atoms with Crippen LogP contribution >= 0.6 is 12.2 Å². The first kappa shape index (κ1) is 17.7. The molecule has 0 spiro atoms. The molecule has 0 aliphatic rings. The third-order valence-corrected chi connectivity index (χ3v) is 3.29. The summed E-state index contributed by atoms with van der Waals surface area (Å²) in [5.41, 5.74) is 1.21. The van der Waals surface area contributed by atoms with E-state index in [0.29, 0.717) is 30.2 Å². The maximum absolute atomic E-state index is 12.2. The quantitative estimate of drug-likeness (QED) is 0.784. The van der Waals surface area contributed by atoms with E-state index in [1.807, 2.05) is 38.1 Å². The Morgan fingerprint density at radius 1 is 1.00 bits per heavy atom. The molecule has 2 aromatic rings. The van der Waals surface area contributed by atoms with Crippen LogP contribution in [0.25, 0.3) is 0 Å². The molecule has 0 bridgehead atoms. The summed E-state index contributed by atoms with van der Waals surface area (Å²) in [6.45, 7) is 4.94. The number of nitrogens with one attached hydrogen (secondary N) is 2. The monoisotopic (exact) mass is 344 g/mol. The smallest absolute Gasteiger partial charge is 0.257 e. The van der Waals surface area contributed by atoms with E-state index in [-0.39, 0.29) is 11.0 Å². The predicted molar refractivity (Wildman–Crippen MR) is 98.9 cm³/mol. The number of amides is 1. The lowest BCUT2D eigenvalue weighted by Crippen LogP contribution is -2.34. The first-order valence-electron chi connectivity index (χ1n) is 7.71. The second-order valence-corrected chi connectivity index (χ2v) is 5.20. The highest BCUT2D eigenvalue weighted by Gasteiger charge is 2.10. The number of hydrogen-bond donors (Lipinski definition) is 2. The van der Waals surface area contributed by atoms with Crippen LogP contribution in [0, 0.1) is 0 Å². The molecule has 2 aromatic carbocycles. The zero-order valence-electron chi connectivity index (χ0n) is 13.7. The molecule has 0 fully saturated rings. The van der Waals surface area contributed by atoms with Crippen LogP contribution < -0.4 is 20.1 Å². The Balaban J connectivity index is 1.98. The number of carbonyl (C=O) groups is 1. The van der Waals surface area contributed by atoms with E-state index in [1.54, 1.807) is 24.3 Å². The van der Waals surface area contributed by atoms with Crippen LogP contribution in [0.4, 0.5) is 5.69 Å². The van der Waals surface area contributed by atoms with Gasteiger partial charge >= 0.3 is 0 Å². The van der Waals surface area contributed by atoms with Crippen molar-refractivity contribution in [3.63, 3.8) is 0 Å². The van der Waals surface area contributed by atoms with Crippen molar-refractivity contribution in [3.05, 3.63) is 54.1 Å². The minimum absolute atomic E-state index is 0.209. The maximum Gasteiger partial charge on any atom is 0.257 e. The molecule has 5 nitrogen and oxygen atoms in total. The fourth-order valence-corrected chi connectivity index (χ4v) is 2.25. The van der Waals surface area contributed by atoms with Crippen molar-refractivity contribution < 1.29 is 14.3 Å². The summed E-state index contributed by atoms with van der Waals surface area (Å²) >= 11 is 5.20. The molecule has 6 heteroatoms. The number of anilines is 1. The summed E-state index contributed by atoms with van der Waals surface area (Å²) in [4.78, 5) is 12.2. The van der Waals surface area contributed by atoms with Gasteiger partial charge in [-0.2, -0.15) is 0 Å². The lowest BCUT2D eigenvalue weighted by molar-refractivity contribution is 0.0977. The van der Waals surface area contributed by atoms with Crippen LogP contribution in [-0.4, -0.2) is 24.2 Å². The number of ether oxygens (including phenoxy) is 2. The Morgan fingerprint density at radius 2 is 1.67 bits per heavy atom. The van der Waals surface area contributed by atoms with Crippen LogP contribution in [0.2, 0.25) is 0 Å². The van der Waals surface area contributed by atoms with Gasteiger partial charge < -0.3 is 14.8 Å². The van der Waals surface area contributed by atoms with Crippen LogP contribution in [0.15, 0.2) is 48.5 Å². The molecule has 0 heterocycles. The highest BCUT2D eigenvalue weighted by Crippen LogP contribution is 2.23. The van der Waals surface area contributed by atoms with Crippen LogP contribution in [0.5, 0.6) is 11.5 Å². The molecule has 2 rings (SSSR count). The molecule has 126 valence electrons. The molecular weight excluding hydrogens is 324 g/mol. The number of benzene rings is 2. The zero-order chi connectivity index (χ0) is 17.4. The summed E-state index contributed by atoms with van der Waals surface area (Å²) in [5.74, 6) is 1.11. The van der Waals surface area contributed by atoms with E-state index in [4.69, 9.17) is 21.7 Å². The van der Waals surface area contributed by atoms with Gasteiger partial charge in [0.05, 0.1) is 18.9 Å². The number of rotatable bonds is 6. The van der Waals surface area contributed by atoms with Crippen molar-refractivity contribution in [2.45, 2.75) is 13.8 Å². The molecule has 0 saturated carbocycles. The summed E-state index contributed by atoms with van der Waals surface area (Å²) < 4.78 is 10.9. The molecule has 0 atom stereocenters. The van der Waals surface area contributed by atoms with Gasteiger partial charge in [0.15, 0.2) is 5.11 Å². The highest BCUT2D eigenvalue weighted by atomic mass is 32.1. The number of carbonyl (C=O) groups excluding carboxylic acids is 1. The fraction of sp³-hybridized carbons (Fsp3) is 0.222. The third kappa shape index (κ3) is 4.96. The van der Waals surface area contributed by atoms with Crippen molar-refractivity contribution in [2.24, 2.45) is 0 Å². The first-order chi connectivity index (χ1) is 11.6. The minimum atomic E-state index is -0.288. The average molecular weight is 344 g/mol. The van der Waals surface area contributed by atoms with Gasteiger partial charge in [-0.1, -0.05) is 12.1 Å². The van der Waals surface area contributed by atoms with E-state index in [0.717, 1.165) is 5.75 Å². The Kier molecular flexibility index (Phi) is 6.57. The van der Waals surface area contributed by atoms with Crippen molar-refractivity contribution in [2.75, 3.05) is 18.5 Å². The van der Waals surface area contributed by atoms with E-state index >= 15 is 0 Å². The molecule has 0 aromatic heterocycles. The number of thiocarbonyl (C=S) groups is 1. The second kappa shape index (κ2) is 8.88. The Morgan fingerprint density at radius 3 is 2.33 bits per heavy atom. The summed E-state index contributed by atoms with van der Waals surface area (Å²) in [6.07, 6.45) is 0. The molecule has 0 unspecified atom stereocenters. The van der Waals surface area contributed by atoms with Gasteiger partial charge in [-0.15, -0.1) is 0 Å². The van der Waals surface area contributed by atoms with Crippen LogP contribution in [-0.2, 0) is 0 Å². The highest BCUT2D eigenvalue weighted by molar-refractivity contribution is 7.80. The largest absolute Gasteiger partial charge is 0.494 e. The van der Waals surface area contributed by atoms with Gasteiger partial charge in [0.2, 0.25) is 0 Å². The predicted octanol–water partition coefficient (Wildman–Crippen LogP) is 3.61. The normalized spacial score (nSPS) is 9.92.